The second-order valence-corrected chi connectivity index (χ2v) is 3.63. The van der Waals surface area contributed by atoms with E-state index in [4.69, 9.17) is 15.7 Å². The number of hydrogen-bond acceptors (Lipinski definition) is 4. The zero-order valence-corrected chi connectivity index (χ0v) is 9.34. The van der Waals surface area contributed by atoms with Crippen molar-refractivity contribution in [1.82, 2.24) is 4.98 Å². The van der Waals surface area contributed by atoms with Crippen LogP contribution in [-0.4, -0.2) is 4.98 Å². The third-order valence-electron chi connectivity index (χ3n) is 2.29. The van der Waals surface area contributed by atoms with Crippen LogP contribution in [0.1, 0.15) is 11.1 Å². The summed E-state index contributed by atoms with van der Waals surface area (Å²) in [5.41, 5.74) is 7.86. The molecule has 1 heterocycles. The van der Waals surface area contributed by atoms with Crippen LogP contribution < -0.4 is 10.5 Å². The van der Waals surface area contributed by atoms with Crippen LogP contribution in [0.5, 0.6) is 11.5 Å². The van der Waals surface area contributed by atoms with Gasteiger partial charge in [0.05, 0.1) is 17.4 Å². The average molecular weight is 225 g/mol. The van der Waals surface area contributed by atoms with Gasteiger partial charge in [-0.1, -0.05) is 6.07 Å². The monoisotopic (exact) mass is 225 g/mol. The minimum absolute atomic E-state index is 0.408. The highest BCUT2D eigenvalue weighted by molar-refractivity contribution is 5.56. The molecule has 1 aromatic carbocycles. The number of pyridine rings is 1. The zero-order valence-electron chi connectivity index (χ0n) is 9.34. The van der Waals surface area contributed by atoms with E-state index in [1.165, 1.54) is 6.20 Å². The second-order valence-electron chi connectivity index (χ2n) is 3.63. The Hall–Kier alpha value is -2.54. The van der Waals surface area contributed by atoms with Crippen LogP contribution in [0, 0.1) is 18.3 Å². The molecule has 17 heavy (non-hydrogen) atoms. The highest BCUT2D eigenvalue weighted by Gasteiger charge is 2.06. The van der Waals surface area contributed by atoms with Crippen LogP contribution in [0.2, 0.25) is 0 Å². The number of aryl methyl sites for hydroxylation is 1. The number of aromatic nitrogens is 1. The number of nitrogen functional groups attached to an aromatic ring is 1. The Morgan fingerprint density at radius 1 is 1.29 bits per heavy atom. The van der Waals surface area contributed by atoms with E-state index in [0.29, 0.717) is 22.7 Å². The maximum atomic E-state index is 8.92. The molecule has 2 N–H and O–H groups in total. The van der Waals surface area contributed by atoms with Crippen molar-refractivity contribution >= 4 is 5.69 Å². The van der Waals surface area contributed by atoms with Gasteiger partial charge in [-0.25, -0.2) is 0 Å². The van der Waals surface area contributed by atoms with Crippen molar-refractivity contribution in [3.63, 3.8) is 0 Å². The van der Waals surface area contributed by atoms with Gasteiger partial charge in [-0.3, -0.25) is 4.98 Å². The number of hydrogen-bond donors (Lipinski definition) is 1. The van der Waals surface area contributed by atoms with Crippen LogP contribution in [0.15, 0.2) is 36.7 Å². The Balaban J connectivity index is 2.35. The summed E-state index contributed by atoms with van der Waals surface area (Å²) >= 11 is 0. The largest absolute Gasteiger partial charge is 0.452 e. The number of nitriles is 1. The van der Waals surface area contributed by atoms with Crippen molar-refractivity contribution in [2.75, 3.05) is 5.73 Å². The molecule has 0 amide bonds. The fraction of sp³-hybridized carbons (Fsp3) is 0.0769. The quantitative estimate of drug-likeness (QED) is 0.797. The van der Waals surface area contributed by atoms with E-state index in [0.717, 1.165) is 5.56 Å². The lowest BCUT2D eigenvalue weighted by Crippen LogP contribution is -1.94. The van der Waals surface area contributed by atoms with Crippen LogP contribution in [0.25, 0.3) is 0 Å². The number of nitrogens with zero attached hydrogens (tertiary/aromatic N) is 2. The van der Waals surface area contributed by atoms with Crippen LogP contribution >= 0.6 is 0 Å². The first-order valence-corrected chi connectivity index (χ1v) is 5.09. The lowest BCUT2D eigenvalue weighted by molar-refractivity contribution is 0.481. The molecule has 0 spiro atoms. The summed E-state index contributed by atoms with van der Waals surface area (Å²) in [5, 5.41) is 8.92. The van der Waals surface area contributed by atoms with E-state index in [-0.39, 0.29) is 0 Å². The molecule has 0 aliphatic carbocycles. The van der Waals surface area contributed by atoms with Gasteiger partial charge in [-0.2, -0.15) is 5.26 Å². The molecule has 0 aliphatic rings. The van der Waals surface area contributed by atoms with E-state index in [1.807, 2.05) is 25.1 Å². The summed E-state index contributed by atoms with van der Waals surface area (Å²) in [4.78, 5) is 3.92. The molecule has 0 atom stereocenters. The van der Waals surface area contributed by atoms with E-state index in [9.17, 15) is 0 Å². The summed E-state index contributed by atoms with van der Waals surface area (Å²) in [5.74, 6) is 0.936. The molecule has 4 nitrogen and oxygen atoms in total. The van der Waals surface area contributed by atoms with E-state index >= 15 is 0 Å². The number of anilines is 1. The summed E-state index contributed by atoms with van der Waals surface area (Å²) in [6, 6.07) is 9.13. The maximum absolute atomic E-state index is 8.92. The van der Waals surface area contributed by atoms with Gasteiger partial charge in [-0.05, 0) is 30.7 Å². The predicted molar refractivity (Wildman–Crippen MR) is 64.6 cm³/mol. The smallest absolute Gasteiger partial charge is 0.163 e. The van der Waals surface area contributed by atoms with Crippen LogP contribution in [0.4, 0.5) is 5.69 Å². The minimum atomic E-state index is 0.408. The van der Waals surface area contributed by atoms with Crippen molar-refractivity contribution in [2.24, 2.45) is 0 Å². The summed E-state index contributed by atoms with van der Waals surface area (Å²) in [6.45, 7) is 1.95. The van der Waals surface area contributed by atoms with Crippen molar-refractivity contribution in [1.29, 1.82) is 5.26 Å². The Bertz CT molecular complexity index is 587. The van der Waals surface area contributed by atoms with Crippen molar-refractivity contribution in [2.45, 2.75) is 6.92 Å². The molecule has 4 heteroatoms. The third kappa shape index (κ3) is 2.34. The highest BCUT2D eigenvalue weighted by Crippen LogP contribution is 2.29. The third-order valence-corrected chi connectivity index (χ3v) is 2.29. The normalized spacial score (nSPS) is 9.65. The van der Waals surface area contributed by atoms with E-state index in [1.54, 1.807) is 18.3 Å². The van der Waals surface area contributed by atoms with Gasteiger partial charge in [-0.15, -0.1) is 0 Å². The number of benzene rings is 1. The number of nitrogens with two attached hydrogens (primary N) is 1. The molecular weight excluding hydrogens is 214 g/mol. The SMILES string of the molecule is Cc1ccc(Oc2cnccc2C#N)c(N)c1. The molecule has 0 fully saturated rings. The topological polar surface area (TPSA) is 71.9 Å². The lowest BCUT2D eigenvalue weighted by atomic mass is 10.2. The van der Waals surface area contributed by atoms with Gasteiger partial charge in [0.2, 0.25) is 0 Å². The fourth-order valence-electron chi connectivity index (χ4n) is 1.43. The molecule has 0 saturated carbocycles. The highest BCUT2D eigenvalue weighted by atomic mass is 16.5. The molecule has 2 rings (SSSR count). The molecule has 84 valence electrons. The molecule has 2 aromatic rings. The second kappa shape index (κ2) is 4.54. The molecule has 0 unspecified atom stereocenters. The first-order valence-electron chi connectivity index (χ1n) is 5.09. The molecule has 0 saturated heterocycles. The van der Waals surface area contributed by atoms with E-state index in [2.05, 4.69) is 4.98 Å². The van der Waals surface area contributed by atoms with Gasteiger partial charge in [0.15, 0.2) is 5.75 Å². The minimum Gasteiger partial charge on any atom is -0.452 e. The van der Waals surface area contributed by atoms with Gasteiger partial charge >= 0.3 is 0 Å². The van der Waals surface area contributed by atoms with Crippen molar-refractivity contribution < 1.29 is 4.74 Å². The Kier molecular flexibility index (Phi) is 2.93. The maximum Gasteiger partial charge on any atom is 0.163 e. The van der Waals surface area contributed by atoms with Crippen LogP contribution in [0.3, 0.4) is 0 Å². The van der Waals surface area contributed by atoms with Gasteiger partial charge in [0, 0.05) is 6.20 Å². The average Bonchev–Trinajstić information content (AvgIpc) is 2.33. The van der Waals surface area contributed by atoms with Crippen molar-refractivity contribution in [3.05, 3.63) is 47.8 Å². The van der Waals surface area contributed by atoms with Gasteiger partial charge in [0.1, 0.15) is 11.8 Å². The van der Waals surface area contributed by atoms with Gasteiger partial charge in [0.25, 0.3) is 0 Å². The summed E-state index contributed by atoms with van der Waals surface area (Å²) in [6.07, 6.45) is 3.04. The van der Waals surface area contributed by atoms with Crippen LogP contribution in [-0.2, 0) is 0 Å². The Morgan fingerprint density at radius 3 is 2.82 bits per heavy atom. The standard InChI is InChI=1S/C13H11N3O/c1-9-2-3-12(11(15)6-9)17-13-8-16-5-4-10(13)7-14/h2-6,8H,15H2,1H3. The molecule has 0 bridgehead atoms. The first-order chi connectivity index (χ1) is 8.20. The molecular formula is C13H11N3O. The van der Waals surface area contributed by atoms with Crippen molar-refractivity contribution in [3.8, 4) is 17.6 Å². The lowest BCUT2D eigenvalue weighted by Gasteiger charge is -2.09. The summed E-state index contributed by atoms with van der Waals surface area (Å²) < 4.78 is 5.58. The van der Waals surface area contributed by atoms with E-state index < -0.39 is 0 Å². The zero-order chi connectivity index (χ0) is 12.3. The first kappa shape index (κ1) is 11.0. The Labute approximate surface area is 99.3 Å². The molecule has 0 aliphatic heterocycles. The predicted octanol–water partition coefficient (Wildman–Crippen LogP) is 2.64. The van der Waals surface area contributed by atoms with Gasteiger partial charge < -0.3 is 10.5 Å². The number of ether oxygens (including phenoxy) is 1. The summed E-state index contributed by atoms with van der Waals surface area (Å²) in [7, 11) is 0. The molecule has 1 aromatic heterocycles. The Morgan fingerprint density at radius 2 is 2.12 bits per heavy atom. The fourth-order valence-corrected chi connectivity index (χ4v) is 1.43. The molecule has 0 radical (unpaired) electrons. The number of rotatable bonds is 2.